The lowest BCUT2D eigenvalue weighted by Crippen LogP contribution is -2.43. The Hall–Kier alpha value is -2.40. The predicted molar refractivity (Wildman–Crippen MR) is 85.1 cm³/mol. The minimum Gasteiger partial charge on any atom is -0.383 e. The number of carbonyl (C=O) groups is 2. The van der Waals surface area contributed by atoms with E-state index in [2.05, 4.69) is 5.32 Å². The highest BCUT2D eigenvalue weighted by Gasteiger charge is 2.30. The highest BCUT2D eigenvalue weighted by molar-refractivity contribution is 6.26. The van der Waals surface area contributed by atoms with E-state index in [1.165, 1.54) is 4.90 Å². The van der Waals surface area contributed by atoms with Crippen molar-refractivity contribution >= 4 is 28.3 Å². The van der Waals surface area contributed by atoms with Crippen LogP contribution in [0.3, 0.4) is 0 Å². The van der Waals surface area contributed by atoms with Gasteiger partial charge in [0.15, 0.2) is 0 Å². The van der Waals surface area contributed by atoms with Gasteiger partial charge in [0.1, 0.15) is 6.54 Å². The summed E-state index contributed by atoms with van der Waals surface area (Å²) in [7, 11) is 1.59. The molecule has 2 aromatic rings. The van der Waals surface area contributed by atoms with Crippen LogP contribution in [0.5, 0.6) is 0 Å². The van der Waals surface area contributed by atoms with Gasteiger partial charge in [-0.3, -0.25) is 14.5 Å². The van der Waals surface area contributed by atoms with Gasteiger partial charge in [-0.25, -0.2) is 0 Å². The van der Waals surface area contributed by atoms with Crippen molar-refractivity contribution in [1.82, 2.24) is 5.32 Å². The number of rotatable bonds is 5. The zero-order valence-electron chi connectivity index (χ0n) is 12.6. The Bertz CT molecular complexity index is 737. The number of ether oxygens (including phenoxy) is 1. The number of anilines is 1. The van der Waals surface area contributed by atoms with Gasteiger partial charge in [-0.2, -0.15) is 0 Å². The largest absolute Gasteiger partial charge is 0.383 e. The Labute approximate surface area is 128 Å². The molecule has 0 bridgehead atoms. The van der Waals surface area contributed by atoms with Crippen LogP contribution in [0.4, 0.5) is 5.69 Å². The molecule has 1 heterocycles. The second-order valence-electron chi connectivity index (χ2n) is 5.50. The molecule has 1 unspecified atom stereocenters. The minimum absolute atomic E-state index is 0.0146. The Morgan fingerprint density at radius 2 is 2.00 bits per heavy atom. The number of benzene rings is 2. The standard InChI is InChI=1S/C17H18N2O3/c1-11(10-22-2)18-15(20)9-19-14-8-4-6-12-5-3-7-13(16(12)14)17(19)21/h3-8,11H,9-10H2,1-2H3,(H,18,20). The topological polar surface area (TPSA) is 58.6 Å². The summed E-state index contributed by atoms with van der Waals surface area (Å²) in [4.78, 5) is 26.2. The molecule has 0 spiro atoms. The van der Waals surface area contributed by atoms with Gasteiger partial charge in [-0.15, -0.1) is 0 Å². The molecular weight excluding hydrogens is 280 g/mol. The number of nitrogens with zero attached hydrogens (tertiary/aromatic N) is 1. The Kier molecular flexibility index (Phi) is 3.81. The monoisotopic (exact) mass is 298 g/mol. The molecule has 0 aliphatic carbocycles. The summed E-state index contributed by atoms with van der Waals surface area (Å²) in [5.41, 5.74) is 1.46. The van der Waals surface area contributed by atoms with E-state index in [0.29, 0.717) is 12.2 Å². The fraction of sp³-hybridized carbons (Fsp3) is 0.294. The average Bonchev–Trinajstić information content (AvgIpc) is 2.76. The second kappa shape index (κ2) is 5.77. The van der Waals surface area contributed by atoms with E-state index in [0.717, 1.165) is 16.5 Å². The van der Waals surface area contributed by atoms with Crippen molar-refractivity contribution in [2.45, 2.75) is 13.0 Å². The van der Waals surface area contributed by atoms with Crippen molar-refractivity contribution in [3.05, 3.63) is 42.0 Å². The average molecular weight is 298 g/mol. The summed E-state index contributed by atoms with van der Waals surface area (Å²) < 4.78 is 5.00. The van der Waals surface area contributed by atoms with Gasteiger partial charge in [0.25, 0.3) is 5.91 Å². The third kappa shape index (κ3) is 2.44. The molecule has 1 aliphatic heterocycles. The number of hydrogen-bond donors (Lipinski definition) is 1. The zero-order valence-corrected chi connectivity index (χ0v) is 12.6. The SMILES string of the molecule is COCC(C)NC(=O)CN1C(=O)c2cccc3cccc1c23. The van der Waals surface area contributed by atoms with Crippen LogP contribution >= 0.6 is 0 Å². The van der Waals surface area contributed by atoms with E-state index in [1.807, 2.05) is 37.3 Å². The number of amides is 2. The van der Waals surface area contributed by atoms with E-state index in [4.69, 9.17) is 4.74 Å². The molecule has 1 N–H and O–H groups in total. The van der Waals surface area contributed by atoms with Gasteiger partial charge in [0.2, 0.25) is 5.91 Å². The Morgan fingerprint density at radius 1 is 1.27 bits per heavy atom. The highest BCUT2D eigenvalue weighted by Crippen LogP contribution is 2.36. The van der Waals surface area contributed by atoms with Crippen molar-refractivity contribution in [3.8, 4) is 0 Å². The van der Waals surface area contributed by atoms with Crippen LogP contribution in [0.25, 0.3) is 10.8 Å². The number of carbonyl (C=O) groups excluding carboxylic acids is 2. The summed E-state index contributed by atoms with van der Waals surface area (Å²) >= 11 is 0. The lowest BCUT2D eigenvalue weighted by atomic mass is 10.1. The van der Waals surface area contributed by atoms with Crippen LogP contribution in [-0.4, -0.2) is 38.1 Å². The number of hydrogen-bond acceptors (Lipinski definition) is 3. The zero-order chi connectivity index (χ0) is 15.7. The molecule has 0 radical (unpaired) electrons. The first-order valence-electron chi connectivity index (χ1n) is 7.23. The second-order valence-corrected chi connectivity index (χ2v) is 5.50. The molecule has 1 atom stereocenters. The molecule has 0 saturated carbocycles. The van der Waals surface area contributed by atoms with Crippen molar-refractivity contribution < 1.29 is 14.3 Å². The summed E-state index contributed by atoms with van der Waals surface area (Å²) in [6, 6.07) is 11.3. The Balaban J connectivity index is 1.84. The van der Waals surface area contributed by atoms with E-state index in [-0.39, 0.29) is 24.4 Å². The molecule has 0 aromatic heterocycles. The fourth-order valence-corrected chi connectivity index (χ4v) is 2.89. The van der Waals surface area contributed by atoms with Crippen molar-refractivity contribution in [3.63, 3.8) is 0 Å². The Morgan fingerprint density at radius 3 is 2.73 bits per heavy atom. The molecule has 114 valence electrons. The maximum absolute atomic E-state index is 12.5. The first-order valence-corrected chi connectivity index (χ1v) is 7.23. The first kappa shape index (κ1) is 14.5. The fourth-order valence-electron chi connectivity index (χ4n) is 2.89. The minimum atomic E-state index is -0.192. The van der Waals surface area contributed by atoms with Gasteiger partial charge in [-0.05, 0) is 24.4 Å². The maximum Gasteiger partial charge on any atom is 0.259 e. The molecule has 5 heteroatoms. The van der Waals surface area contributed by atoms with Crippen molar-refractivity contribution in [2.24, 2.45) is 0 Å². The van der Waals surface area contributed by atoms with Crippen LogP contribution in [0.1, 0.15) is 17.3 Å². The third-order valence-corrected chi connectivity index (χ3v) is 3.77. The van der Waals surface area contributed by atoms with E-state index < -0.39 is 0 Å². The lowest BCUT2D eigenvalue weighted by molar-refractivity contribution is -0.120. The molecule has 2 aromatic carbocycles. The van der Waals surface area contributed by atoms with Gasteiger partial charge in [-0.1, -0.05) is 24.3 Å². The van der Waals surface area contributed by atoms with E-state index >= 15 is 0 Å². The maximum atomic E-state index is 12.5. The van der Waals surface area contributed by atoms with E-state index in [1.54, 1.807) is 13.2 Å². The molecule has 5 nitrogen and oxygen atoms in total. The van der Waals surface area contributed by atoms with Gasteiger partial charge < -0.3 is 10.1 Å². The third-order valence-electron chi connectivity index (χ3n) is 3.77. The molecule has 1 aliphatic rings. The molecule has 0 saturated heterocycles. The number of nitrogens with one attached hydrogen (secondary N) is 1. The molecule has 2 amide bonds. The summed E-state index contributed by atoms with van der Waals surface area (Å²) in [6.07, 6.45) is 0. The van der Waals surface area contributed by atoms with Crippen LogP contribution in [0, 0.1) is 0 Å². The van der Waals surface area contributed by atoms with Gasteiger partial charge >= 0.3 is 0 Å². The predicted octanol–water partition coefficient (Wildman–Crippen LogP) is 1.95. The van der Waals surface area contributed by atoms with Gasteiger partial charge in [0, 0.05) is 24.1 Å². The van der Waals surface area contributed by atoms with Crippen LogP contribution < -0.4 is 10.2 Å². The number of methoxy groups -OCH3 is 1. The summed E-state index contributed by atoms with van der Waals surface area (Å²) in [5.74, 6) is -0.316. The van der Waals surface area contributed by atoms with E-state index in [9.17, 15) is 9.59 Å². The smallest absolute Gasteiger partial charge is 0.259 e. The molecular formula is C17H18N2O3. The van der Waals surface area contributed by atoms with Crippen LogP contribution in [0.15, 0.2) is 36.4 Å². The molecule has 22 heavy (non-hydrogen) atoms. The van der Waals surface area contributed by atoms with Crippen LogP contribution in [-0.2, 0) is 9.53 Å². The normalized spacial score (nSPS) is 14.5. The van der Waals surface area contributed by atoms with Crippen molar-refractivity contribution in [2.75, 3.05) is 25.2 Å². The summed E-state index contributed by atoms with van der Waals surface area (Å²) in [6.45, 7) is 2.32. The molecule has 3 rings (SSSR count). The lowest BCUT2D eigenvalue weighted by Gasteiger charge is -2.19. The van der Waals surface area contributed by atoms with Crippen molar-refractivity contribution in [1.29, 1.82) is 0 Å². The first-order chi connectivity index (χ1) is 10.6. The highest BCUT2D eigenvalue weighted by atomic mass is 16.5. The molecule has 0 fully saturated rings. The van der Waals surface area contributed by atoms with Crippen LogP contribution in [0.2, 0.25) is 0 Å². The quantitative estimate of drug-likeness (QED) is 0.918. The van der Waals surface area contributed by atoms with Gasteiger partial charge in [0.05, 0.1) is 12.3 Å². The summed E-state index contributed by atoms with van der Waals surface area (Å²) in [5, 5.41) is 4.77.